The molecule has 0 aromatic heterocycles. The Labute approximate surface area is 106 Å². The Kier molecular flexibility index (Phi) is 4.84. The largest absolute Gasteiger partial charge is 0.444 e. The molecule has 3 nitrogen and oxygen atoms in total. The molecular formula is C14H27NO2. The van der Waals surface area contributed by atoms with Crippen LogP contribution in [0.5, 0.6) is 0 Å². The maximum Gasteiger partial charge on any atom is 0.410 e. The molecular weight excluding hydrogens is 214 g/mol. The standard InChI is InChI=1S/C14H27NO2/c1-6-11-9-7-8-10-12(11)15(5)13(16)17-14(2,3)4/h11-12H,6-10H2,1-5H3/t11-,12+/m1/s1. The van der Waals surface area contributed by atoms with Crippen molar-refractivity contribution in [1.29, 1.82) is 0 Å². The van der Waals surface area contributed by atoms with Crippen LogP contribution in [0, 0.1) is 5.92 Å². The Morgan fingerprint density at radius 1 is 1.29 bits per heavy atom. The third kappa shape index (κ3) is 4.21. The van der Waals surface area contributed by atoms with Gasteiger partial charge in [0.05, 0.1) is 0 Å². The fraction of sp³-hybridized carbons (Fsp3) is 0.929. The van der Waals surface area contributed by atoms with Crippen molar-refractivity contribution < 1.29 is 9.53 Å². The summed E-state index contributed by atoms with van der Waals surface area (Å²) in [4.78, 5) is 13.8. The van der Waals surface area contributed by atoms with Crippen LogP contribution in [0.4, 0.5) is 4.79 Å². The number of carbonyl (C=O) groups excluding carboxylic acids is 1. The third-order valence-corrected chi connectivity index (χ3v) is 3.57. The van der Waals surface area contributed by atoms with Crippen LogP contribution in [0.1, 0.15) is 59.8 Å². The highest BCUT2D eigenvalue weighted by molar-refractivity contribution is 5.68. The fourth-order valence-corrected chi connectivity index (χ4v) is 2.64. The van der Waals surface area contributed by atoms with E-state index in [9.17, 15) is 4.79 Å². The molecule has 0 aromatic carbocycles. The summed E-state index contributed by atoms with van der Waals surface area (Å²) in [5.41, 5.74) is -0.401. The monoisotopic (exact) mass is 241 g/mol. The summed E-state index contributed by atoms with van der Waals surface area (Å²) >= 11 is 0. The van der Waals surface area contributed by atoms with Crippen LogP contribution >= 0.6 is 0 Å². The van der Waals surface area contributed by atoms with Crippen molar-refractivity contribution in [3.8, 4) is 0 Å². The van der Waals surface area contributed by atoms with E-state index in [1.54, 1.807) is 0 Å². The molecule has 0 unspecified atom stereocenters. The van der Waals surface area contributed by atoms with E-state index >= 15 is 0 Å². The van der Waals surface area contributed by atoms with E-state index in [1.165, 1.54) is 19.3 Å². The molecule has 1 aliphatic rings. The van der Waals surface area contributed by atoms with E-state index in [4.69, 9.17) is 4.74 Å². The quantitative estimate of drug-likeness (QED) is 0.735. The number of hydrogen-bond acceptors (Lipinski definition) is 2. The Morgan fingerprint density at radius 2 is 1.88 bits per heavy atom. The Bertz CT molecular complexity index is 257. The number of ether oxygens (including phenoxy) is 1. The summed E-state index contributed by atoms with van der Waals surface area (Å²) < 4.78 is 5.43. The molecule has 1 amide bonds. The first kappa shape index (κ1) is 14.3. The summed E-state index contributed by atoms with van der Waals surface area (Å²) in [6, 6.07) is 0.364. The normalized spacial score (nSPS) is 25.5. The van der Waals surface area contributed by atoms with Gasteiger partial charge in [-0.3, -0.25) is 0 Å². The van der Waals surface area contributed by atoms with E-state index in [0.717, 1.165) is 12.8 Å². The third-order valence-electron chi connectivity index (χ3n) is 3.57. The molecule has 3 heteroatoms. The zero-order valence-corrected chi connectivity index (χ0v) is 12.0. The second kappa shape index (κ2) is 5.74. The first-order valence-corrected chi connectivity index (χ1v) is 6.81. The van der Waals surface area contributed by atoms with Gasteiger partial charge in [0.2, 0.25) is 0 Å². The lowest BCUT2D eigenvalue weighted by molar-refractivity contribution is 0.0113. The molecule has 17 heavy (non-hydrogen) atoms. The highest BCUT2D eigenvalue weighted by atomic mass is 16.6. The summed E-state index contributed by atoms with van der Waals surface area (Å²) in [6.07, 6.45) is 5.87. The summed E-state index contributed by atoms with van der Waals surface area (Å²) in [5.74, 6) is 0.640. The molecule has 1 saturated carbocycles. The molecule has 0 aliphatic heterocycles. The molecule has 1 aliphatic carbocycles. The highest BCUT2D eigenvalue weighted by Crippen LogP contribution is 2.30. The molecule has 100 valence electrons. The van der Waals surface area contributed by atoms with Gasteiger partial charge in [-0.1, -0.05) is 26.2 Å². The van der Waals surface area contributed by atoms with Crippen LogP contribution in [0.2, 0.25) is 0 Å². The van der Waals surface area contributed by atoms with Crippen LogP contribution in [0.15, 0.2) is 0 Å². The highest BCUT2D eigenvalue weighted by Gasteiger charge is 2.31. The maximum atomic E-state index is 12.0. The average Bonchev–Trinajstić information content (AvgIpc) is 2.25. The van der Waals surface area contributed by atoms with Crippen LogP contribution in [-0.2, 0) is 4.74 Å². The van der Waals surface area contributed by atoms with Crippen molar-refractivity contribution in [2.75, 3.05) is 7.05 Å². The van der Waals surface area contributed by atoms with Gasteiger partial charge in [-0.15, -0.1) is 0 Å². The molecule has 0 N–H and O–H groups in total. The van der Waals surface area contributed by atoms with Gasteiger partial charge >= 0.3 is 6.09 Å². The van der Waals surface area contributed by atoms with Crippen molar-refractivity contribution in [3.63, 3.8) is 0 Å². The maximum absolute atomic E-state index is 12.0. The summed E-state index contributed by atoms with van der Waals surface area (Å²) in [5, 5.41) is 0. The van der Waals surface area contributed by atoms with Gasteiger partial charge in [0.25, 0.3) is 0 Å². The van der Waals surface area contributed by atoms with E-state index < -0.39 is 5.60 Å². The Balaban J connectivity index is 2.60. The molecule has 0 aromatic rings. The minimum atomic E-state index is -0.401. The zero-order valence-electron chi connectivity index (χ0n) is 12.0. The van der Waals surface area contributed by atoms with E-state index in [0.29, 0.717) is 12.0 Å². The van der Waals surface area contributed by atoms with E-state index in [2.05, 4.69) is 6.92 Å². The SMILES string of the molecule is CC[C@@H]1CCCC[C@@H]1N(C)C(=O)OC(C)(C)C. The average molecular weight is 241 g/mol. The van der Waals surface area contributed by atoms with E-state index in [1.807, 2.05) is 32.7 Å². The van der Waals surface area contributed by atoms with Crippen molar-refractivity contribution in [3.05, 3.63) is 0 Å². The predicted molar refractivity (Wildman–Crippen MR) is 70.0 cm³/mol. The lowest BCUT2D eigenvalue weighted by atomic mass is 9.82. The minimum absolute atomic E-state index is 0.178. The first-order valence-electron chi connectivity index (χ1n) is 6.81. The van der Waals surface area contributed by atoms with Crippen LogP contribution in [-0.4, -0.2) is 29.7 Å². The Hall–Kier alpha value is -0.730. The van der Waals surface area contributed by atoms with Crippen molar-refractivity contribution in [2.24, 2.45) is 5.92 Å². The molecule has 0 bridgehead atoms. The van der Waals surface area contributed by atoms with Gasteiger partial charge < -0.3 is 9.64 Å². The number of hydrogen-bond donors (Lipinski definition) is 0. The smallest absolute Gasteiger partial charge is 0.410 e. The molecule has 1 fully saturated rings. The molecule has 0 saturated heterocycles. The molecule has 0 radical (unpaired) electrons. The summed E-state index contributed by atoms with van der Waals surface area (Å²) in [6.45, 7) is 7.96. The lowest BCUT2D eigenvalue weighted by Crippen LogP contribution is -2.45. The predicted octanol–water partition coefficient (Wildman–Crippen LogP) is 3.82. The van der Waals surface area contributed by atoms with Crippen LogP contribution in [0.25, 0.3) is 0 Å². The number of rotatable bonds is 2. The second-order valence-corrected chi connectivity index (χ2v) is 6.11. The van der Waals surface area contributed by atoms with Crippen molar-refractivity contribution >= 4 is 6.09 Å². The Morgan fingerprint density at radius 3 is 2.41 bits per heavy atom. The van der Waals surface area contributed by atoms with Gasteiger partial charge in [-0.05, 0) is 39.5 Å². The van der Waals surface area contributed by atoms with Crippen molar-refractivity contribution in [1.82, 2.24) is 4.90 Å². The van der Waals surface area contributed by atoms with Gasteiger partial charge in [0.15, 0.2) is 0 Å². The minimum Gasteiger partial charge on any atom is -0.444 e. The second-order valence-electron chi connectivity index (χ2n) is 6.11. The number of carbonyl (C=O) groups is 1. The van der Waals surface area contributed by atoms with Gasteiger partial charge in [0, 0.05) is 13.1 Å². The molecule has 2 atom stereocenters. The zero-order chi connectivity index (χ0) is 13.1. The van der Waals surface area contributed by atoms with E-state index in [-0.39, 0.29) is 6.09 Å². The fourth-order valence-electron chi connectivity index (χ4n) is 2.64. The first-order chi connectivity index (χ1) is 7.85. The van der Waals surface area contributed by atoms with Crippen LogP contribution < -0.4 is 0 Å². The number of nitrogens with zero attached hydrogens (tertiary/aromatic N) is 1. The van der Waals surface area contributed by atoms with Gasteiger partial charge in [-0.25, -0.2) is 4.79 Å². The lowest BCUT2D eigenvalue weighted by Gasteiger charge is -2.38. The summed E-state index contributed by atoms with van der Waals surface area (Å²) in [7, 11) is 1.88. The topological polar surface area (TPSA) is 29.5 Å². The van der Waals surface area contributed by atoms with Gasteiger partial charge in [-0.2, -0.15) is 0 Å². The molecule has 0 heterocycles. The van der Waals surface area contributed by atoms with Gasteiger partial charge in [0.1, 0.15) is 5.60 Å². The molecule has 0 spiro atoms. The van der Waals surface area contributed by atoms with Crippen molar-refractivity contribution in [2.45, 2.75) is 71.4 Å². The van der Waals surface area contributed by atoms with Crippen LogP contribution in [0.3, 0.4) is 0 Å². The number of amides is 1. The molecule has 1 rings (SSSR count).